The number of ether oxygens (including phenoxy) is 2. The van der Waals surface area contributed by atoms with E-state index in [9.17, 15) is 9.59 Å². The van der Waals surface area contributed by atoms with Crippen LogP contribution in [0.1, 0.15) is 19.3 Å². The first kappa shape index (κ1) is 20.1. The van der Waals surface area contributed by atoms with E-state index >= 15 is 0 Å². The largest absolute Gasteiger partial charge is 0.497 e. The SMILES string of the molecule is COc1ccc(NC(=O)C2CC(=O)N(c3ccc(N4CCCC4)cc3)C2)c(OC)c1. The molecule has 7 nitrogen and oxygen atoms in total. The van der Waals surface area contributed by atoms with E-state index in [0.717, 1.165) is 18.8 Å². The minimum Gasteiger partial charge on any atom is -0.497 e. The van der Waals surface area contributed by atoms with Crippen molar-refractivity contribution in [1.29, 1.82) is 0 Å². The van der Waals surface area contributed by atoms with Gasteiger partial charge in [0.25, 0.3) is 0 Å². The van der Waals surface area contributed by atoms with Crippen molar-refractivity contribution in [1.82, 2.24) is 0 Å². The summed E-state index contributed by atoms with van der Waals surface area (Å²) in [6.07, 6.45) is 2.64. The maximum atomic E-state index is 12.8. The normalized spacial score (nSPS) is 18.6. The molecule has 2 aliphatic heterocycles. The molecule has 0 aromatic heterocycles. The Morgan fingerprint density at radius 1 is 1.00 bits per heavy atom. The average Bonchev–Trinajstić information content (AvgIpc) is 3.44. The second-order valence-electron chi connectivity index (χ2n) is 7.67. The first-order chi connectivity index (χ1) is 14.6. The van der Waals surface area contributed by atoms with Crippen molar-refractivity contribution in [2.75, 3.05) is 49.0 Å². The minimum atomic E-state index is -0.414. The number of carbonyl (C=O) groups excluding carboxylic acids is 2. The van der Waals surface area contributed by atoms with Crippen molar-refractivity contribution in [3.05, 3.63) is 42.5 Å². The summed E-state index contributed by atoms with van der Waals surface area (Å²) in [6.45, 7) is 2.53. The van der Waals surface area contributed by atoms with Crippen LogP contribution in [-0.2, 0) is 9.59 Å². The van der Waals surface area contributed by atoms with E-state index in [4.69, 9.17) is 9.47 Å². The number of nitrogens with one attached hydrogen (secondary N) is 1. The molecule has 0 saturated carbocycles. The summed E-state index contributed by atoms with van der Waals surface area (Å²) in [4.78, 5) is 29.4. The van der Waals surface area contributed by atoms with Crippen molar-refractivity contribution >= 4 is 28.9 Å². The molecule has 2 fully saturated rings. The van der Waals surface area contributed by atoms with Crippen LogP contribution in [0.5, 0.6) is 11.5 Å². The summed E-state index contributed by atoms with van der Waals surface area (Å²) < 4.78 is 10.5. The van der Waals surface area contributed by atoms with Crippen molar-refractivity contribution in [3.8, 4) is 11.5 Å². The van der Waals surface area contributed by atoms with Gasteiger partial charge in [-0.05, 0) is 49.2 Å². The highest BCUT2D eigenvalue weighted by Crippen LogP contribution is 2.32. The molecule has 2 heterocycles. The van der Waals surface area contributed by atoms with E-state index in [2.05, 4.69) is 22.3 Å². The minimum absolute atomic E-state index is 0.0363. The van der Waals surface area contributed by atoms with E-state index in [1.807, 2.05) is 12.1 Å². The predicted octanol–water partition coefficient (Wildman–Crippen LogP) is 3.30. The van der Waals surface area contributed by atoms with Gasteiger partial charge in [-0.15, -0.1) is 0 Å². The third-order valence-electron chi connectivity index (χ3n) is 5.79. The average molecular weight is 409 g/mol. The van der Waals surface area contributed by atoms with Gasteiger partial charge in [-0.2, -0.15) is 0 Å². The van der Waals surface area contributed by atoms with E-state index in [1.54, 1.807) is 30.2 Å². The molecule has 0 radical (unpaired) electrons. The second-order valence-corrected chi connectivity index (χ2v) is 7.67. The Balaban J connectivity index is 1.42. The fourth-order valence-corrected chi connectivity index (χ4v) is 4.09. The molecule has 1 unspecified atom stereocenters. The predicted molar refractivity (Wildman–Crippen MR) is 117 cm³/mol. The monoisotopic (exact) mass is 409 g/mol. The van der Waals surface area contributed by atoms with Crippen LogP contribution >= 0.6 is 0 Å². The number of methoxy groups -OCH3 is 2. The smallest absolute Gasteiger partial charge is 0.229 e. The maximum absolute atomic E-state index is 12.8. The lowest BCUT2D eigenvalue weighted by molar-refractivity contribution is -0.122. The maximum Gasteiger partial charge on any atom is 0.229 e. The third kappa shape index (κ3) is 4.06. The zero-order chi connectivity index (χ0) is 21.1. The molecule has 0 spiro atoms. The van der Waals surface area contributed by atoms with E-state index < -0.39 is 5.92 Å². The van der Waals surface area contributed by atoms with Crippen molar-refractivity contribution in [2.45, 2.75) is 19.3 Å². The first-order valence-electron chi connectivity index (χ1n) is 10.3. The molecule has 158 valence electrons. The van der Waals surface area contributed by atoms with Crippen LogP contribution in [0.25, 0.3) is 0 Å². The highest BCUT2D eigenvalue weighted by Gasteiger charge is 2.35. The van der Waals surface area contributed by atoms with Gasteiger partial charge in [0.2, 0.25) is 11.8 Å². The Kier molecular flexibility index (Phi) is 5.79. The van der Waals surface area contributed by atoms with Gasteiger partial charge in [-0.25, -0.2) is 0 Å². The molecule has 4 rings (SSSR count). The zero-order valence-electron chi connectivity index (χ0n) is 17.4. The summed E-state index contributed by atoms with van der Waals surface area (Å²) in [6, 6.07) is 13.3. The van der Waals surface area contributed by atoms with Crippen LogP contribution in [-0.4, -0.2) is 45.7 Å². The molecule has 0 aliphatic carbocycles. The summed E-state index contributed by atoms with van der Waals surface area (Å²) in [7, 11) is 3.11. The fraction of sp³-hybridized carbons (Fsp3) is 0.391. The molecule has 2 saturated heterocycles. The highest BCUT2D eigenvalue weighted by molar-refractivity contribution is 6.04. The van der Waals surface area contributed by atoms with Crippen LogP contribution in [0.4, 0.5) is 17.1 Å². The highest BCUT2D eigenvalue weighted by atomic mass is 16.5. The van der Waals surface area contributed by atoms with Crippen LogP contribution < -0.4 is 24.6 Å². The van der Waals surface area contributed by atoms with Gasteiger partial charge in [-0.3, -0.25) is 9.59 Å². The van der Waals surface area contributed by atoms with Gasteiger partial charge in [0, 0.05) is 43.5 Å². The van der Waals surface area contributed by atoms with Crippen molar-refractivity contribution in [2.24, 2.45) is 5.92 Å². The number of rotatable bonds is 6. The zero-order valence-corrected chi connectivity index (χ0v) is 17.4. The topological polar surface area (TPSA) is 71.1 Å². The molecule has 2 amide bonds. The Labute approximate surface area is 176 Å². The molecule has 1 N–H and O–H groups in total. The fourth-order valence-electron chi connectivity index (χ4n) is 4.09. The Morgan fingerprint density at radius 2 is 1.70 bits per heavy atom. The molecular weight excluding hydrogens is 382 g/mol. The number of hydrogen-bond donors (Lipinski definition) is 1. The molecule has 2 aliphatic rings. The van der Waals surface area contributed by atoms with Crippen molar-refractivity contribution in [3.63, 3.8) is 0 Å². The lowest BCUT2D eigenvalue weighted by atomic mass is 10.1. The van der Waals surface area contributed by atoms with Crippen LogP contribution in [0.3, 0.4) is 0 Å². The van der Waals surface area contributed by atoms with Gasteiger partial charge in [-0.1, -0.05) is 0 Å². The van der Waals surface area contributed by atoms with Crippen molar-refractivity contribution < 1.29 is 19.1 Å². The summed E-state index contributed by atoms with van der Waals surface area (Å²) in [5.74, 6) is 0.516. The molecule has 1 atom stereocenters. The Morgan fingerprint density at radius 3 is 2.37 bits per heavy atom. The van der Waals surface area contributed by atoms with E-state index in [-0.39, 0.29) is 18.2 Å². The number of amides is 2. The van der Waals surface area contributed by atoms with Gasteiger partial charge >= 0.3 is 0 Å². The standard InChI is InChI=1S/C23H27N3O4/c1-29-19-9-10-20(21(14-19)30-2)24-23(28)16-13-22(27)26(15-16)18-7-5-17(6-8-18)25-11-3-4-12-25/h5-10,14,16H,3-4,11-13,15H2,1-2H3,(H,24,28). The summed E-state index contributed by atoms with van der Waals surface area (Å²) in [5.41, 5.74) is 2.58. The number of carbonyl (C=O) groups is 2. The lowest BCUT2D eigenvalue weighted by Gasteiger charge is -2.21. The van der Waals surface area contributed by atoms with Gasteiger partial charge in [0.15, 0.2) is 0 Å². The van der Waals surface area contributed by atoms with Gasteiger partial charge in [0.1, 0.15) is 11.5 Å². The lowest BCUT2D eigenvalue weighted by Crippen LogP contribution is -2.28. The van der Waals surface area contributed by atoms with E-state index in [1.165, 1.54) is 25.6 Å². The van der Waals surface area contributed by atoms with Crippen LogP contribution in [0, 0.1) is 5.92 Å². The summed E-state index contributed by atoms with van der Waals surface area (Å²) in [5, 5.41) is 2.89. The molecule has 7 heteroatoms. The second kappa shape index (κ2) is 8.65. The third-order valence-corrected chi connectivity index (χ3v) is 5.79. The number of hydrogen-bond acceptors (Lipinski definition) is 5. The Bertz CT molecular complexity index is 923. The van der Waals surface area contributed by atoms with E-state index in [0.29, 0.717) is 23.7 Å². The van der Waals surface area contributed by atoms with Crippen LogP contribution in [0.2, 0.25) is 0 Å². The first-order valence-corrected chi connectivity index (χ1v) is 10.3. The van der Waals surface area contributed by atoms with Crippen LogP contribution in [0.15, 0.2) is 42.5 Å². The quantitative estimate of drug-likeness (QED) is 0.793. The summed E-state index contributed by atoms with van der Waals surface area (Å²) >= 11 is 0. The number of anilines is 3. The number of nitrogens with zero attached hydrogens (tertiary/aromatic N) is 2. The van der Waals surface area contributed by atoms with Gasteiger partial charge < -0.3 is 24.6 Å². The Hall–Kier alpha value is -3.22. The molecule has 2 aromatic rings. The number of benzene rings is 2. The molecule has 30 heavy (non-hydrogen) atoms. The molecule has 2 aromatic carbocycles. The van der Waals surface area contributed by atoms with Gasteiger partial charge in [0.05, 0.1) is 25.8 Å². The molecule has 0 bridgehead atoms. The molecular formula is C23H27N3O4.